The van der Waals surface area contributed by atoms with Crippen molar-refractivity contribution in [3.8, 4) is 5.75 Å². The van der Waals surface area contributed by atoms with Crippen LogP contribution in [-0.4, -0.2) is 19.2 Å². The maximum Gasteiger partial charge on any atom is 0.339 e. The van der Waals surface area contributed by atoms with E-state index < -0.39 is 15.9 Å². The number of Topliss-reactive ketones (excluding diaryl/α,β-unsaturated/α-hetero) is 1. The molecule has 0 unspecified atom stereocenters. The van der Waals surface area contributed by atoms with Gasteiger partial charge in [0, 0.05) is 18.6 Å². The lowest BCUT2D eigenvalue weighted by molar-refractivity contribution is 0.0981. The summed E-state index contributed by atoms with van der Waals surface area (Å²) < 4.78 is 43.2. The second-order valence-electron chi connectivity index (χ2n) is 5.54. The van der Waals surface area contributed by atoms with Gasteiger partial charge < -0.3 is 9.92 Å². The molecule has 0 atom stereocenters. The average molecular weight is 394 g/mol. The molecule has 136 valence electrons. The topological polar surface area (TPSA) is 99.3 Å². The van der Waals surface area contributed by atoms with E-state index in [2.05, 4.69) is 4.98 Å². The van der Waals surface area contributed by atoms with Crippen LogP contribution in [0.3, 0.4) is 0 Å². The molecule has 9 heteroatoms. The lowest BCUT2D eigenvalue weighted by atomic mass is 10.2. The third-order valence-corrected chi connectivity index (χ3v) is 5.83. The Kier molecular flexibility index (Phi) is 4.92. The van der Waals surface area contributed by atoms with E-state index in [0.29, 0.717) is 28.1 Å². The van der Waals surface area contributed by atoms with Crippen LogP contribution in [0, 0.1) is 5.82 Å². The molecule has 0 saturated carbocycles. The predicted octanol–water partition coefficient (Wildman–Crippen LogP) is 3.77. The number of carbonyl (C=O) groups is 1. The Labute approximate surface area is 153 Å². The summed E-state index contributed by atoms with van der Waals surface area (Å²) in [5, 5.41) is 0.326. The first-order valence-electron chi connectivity index (χ1n) is 7.73. The van der Waals surface area contributed by atoms with Gasteiger partial charge in [0.2, 0.25) is 0 Å². The van der Waals surface area contributed by atoms with Crippen LogP contribution in [0.1, 0.15) is 29.6 Å². The van der Waals surface area contributed by atoms with Gasteiger partial charge in [-0.05, 0) is 30.7 Å². The number of hydrogen-bond acceptors (Lipinski definition) is 7. The minimum atomic E-state index is -4.14. The fourth-order valence-corrected chi connectivity index (χ4v) is 4.22. The molecule has 0 spiro atoms. The number of anilines is 1. The molecular formula is C17H15FN2O4S2. The first-order valence-corrected chi connectivity index (χ1v) is 9.96. The number of ketones is 1. The monoisotopic (exact) mass is 394 g/mol. The summed E-state index contributed by atoms with van der Waals surface area (Å²) >= 11 is 1.13. The van der Waals surface area contributed by atoms with E-state index in [0.717, 1.165) is 35.6 Å². The average Bonchev–Trinajstić information content (AvgIpc) is 3.00. The van der Waals surface area contributed by atoms with Gasteiger partial charge in [-0.15, -0.1) is 11.3 Å². The number of carbonyl (C=O) groups excluding carboxylic acids is 1. The van der Waals surface area contributed by atoms with Gasteiger partial charge >= 0.3 is 10.1 Å². The molecule has 0 aliphatic rings. The van der Waals surface area contributed by atoms with Gasteiger partial charge in [-0.25, -0.2) is 9.37 Å². The van der Waals surface area contributed by atoms with Crippen molar-refractivity contribution < 1.29 is 21.8 Å². The third-order valence-electron chi connectivity index (χ3n) is 3.52. The van der Waals surface area contributed by atoms with Crippen LogP contribution in [0.5, 0.6) is 5.75 Å². The van der Waals surface area contributed by atoms with Crippen molar-refractivity contribution in [3.63, 3.8) is 0 Å². The van der Waals surface area contributed by atoms with E-state index in [1.807, 2.05) is 6.92 Å². The summed E-state index contributed by atoms with van der Waals surface area (Å²) in [6.45, 7) is 1.89. The number of benzene rings is 2. The van der Waals surface area contributed by atoms with Crippen molar-refractivity contribution in [3.05, 3.63) is 47.2 Å². The highest BCUT2D eigenvalue weighted by atomic mass is 32.2. The normalized spacial score (nSPS) is 11.6. The number of fused-ring (bicyclic) bond motifs is 1. The zero-order valence-corrected chi connectivity index (χ0v) is 15.4. The largest absolute Gasteiger partial charge is 0.397 e. The maximum absolute atomic E-state index is 13.0. The molecule has 0 aliphatic heterocycles. The molecule has 0 amide bonds. The lowest BCUT2D eigenvalue weighted by Gasteiger charge is -2.08. The fraction of sp³-hybridized carbons (Fsp3) is 0.176. The van der Waals surface area contributed by atoms with Gasteiger partial charge in [0.05, 0.1) is 10.4 Å². The molecular weight excluding hydrogens is 379 g/mol. The van der Waals surface area contributed by atoms with E-state index in [1.54, 1.807) is 0 Å². The number of hydrogen-bond donors (Lipinski definition) is 1. The highest BCUT2D eigenvalue weighted by molar-refractivity contribution is 7.87. The second kappa shape index (κ2) is 7.00. The molecule has 1 aromatic heterocycles. The maximum atomic E-state index is 13.0. The zero-order valence-electron chi connectivity index (χ0n) is 13.7. The zero-order chi connectivity index (χ0) is 18.9. The van der Waals surface area contributed by atoms with Crippen molar-refractivity contribution in [2.24, 2.45) is 0 Å². The summed E-state index contributed by atoms with van der Waals surface area (Å²) in [6, 6.07) is 7.08. The Morgan fingerprint density at radius 3 is 2.62 bits per heavy atom. The van der Waals surface area contributed by atoms with E-state index in [9.17, 15) is 17.6 Å². The molecule has 0 saturated heterocycles. The summed E-state index contributed by atoms with van der Waals surface area (Å²) in [6.07, 6.45) is 1.08. The molecule has 26 heavy (non-hydrogen) atoms. The number of thiazole rings is 1. The highest BCUT2D eigenvalue weighted by Crippen LogP contribution is 2.33. The second-order valence-corrected chi connectivity index (χ2v) is 8.12. The summed E-state index contributed by atoms with van der Waals surface area (Å²) in [5.41, 5.74) is 6.57. The quantitative estimate of drug-likeness (QED) is 0.388. The molecule has 6 nitrogen and oxygen atoms in total. The standard InChI is InChI=1S/C17H15FN2O4S2/c1-2-3-14(21)17-20-16-13(19)8-11(9-15(16)25-17)24-26(22,23)12-6-4-10(18)5-7-12/h4-9H,2-3,19H2,1H3. The van der Waals surface area contributed by atoms with Gasteiger partial charge in [-0.1, -0.05) is 6.92 Å². The fourth-order valence-electron chi connectivity index (χ4n) is 2.31. The van der Waals surface area contributed by atoms with Crippen LogP contribution < -0.4 is 9.92 Å². The highest BCUT2D eigenvalue weighted by Gasteiger charge is 2.19. The van der Waals surface area contributed by atoms with Crippen molar-refractivity contribution >= 4 is 43.1 Å². The molecule has 0 aliphatic carbocycles. The Balaban J connectivity index is 1.95. The Bertz CT molecular complexity index is 1080. The summed E-state index contributed by atoms with van der Waals surface area (Å²) in [4.78, 5) is 16.1. The van der Waals surface area contributed by atoms with Crippen LogP contribution in [0.25, 0.3) is 10.2 Å². The van der Waals surface area contributed by atoms with Gasteiger partial charge in [0.25, 0.3) is 0 Å². The Morgan fingerprint density at radius 1 is 1.27 bits per heavy atom. The molecule has 3 aromatic rings. The number of rotatable bonds is 6. The smallest absolute Gasteiger partial charge is 0.339 e. The first-order chi connectivity index (χ1) is 12.3. The van der Waals surface area contributed by atoms with E-state index in [-0.39, 0.29) is 22.1 Å². The number of nitrogen functional groups attached to an aromatic ring is 1. The Morgan fingerprint density at radius 2 is 1.96 bits per heavy atom. The summed E-state index contributed by atoms with van der Waals surface area (Å²) in [5.74, 6) is -0.643. The molecule has 2 N–H and O–H groups in total. The Hall–Kier alpha value is -2.52. The lowest BCUT2D eigenvalue weighted by Crippen LogP contribution is -2.10. The van der Waals surface area contributed by atoms with Gasteiger partial charge in [-0.3, -0.25) is 4.79 Å². The predicted molar refractivity (Wildman–Crippen MR) is 97.5 cm³/mol. The van der Waals surface area contributed by atoms with Crippen molar-refractivity contribution in [2.75, 3.05) is 5.73 Å². The minimum absolute atomic E-state index is 0.00235. The van der Waals surface area contributed by atoms with Crippen LogP contribution in [0.2, 0.25) is 0 Å². The number of halogens is 1. The van der Waals surface area contributed by atoms with Crippen molar-refractivity contribution in [1.82, 2.24) is 4.98 Å². The van der Waals surface area contributed by atoms with Gasteiger partial charge in [-0.2, -0.15) is 8.42 Å². The van der Waals surface area contributed by atoms with Crippen molar-refractivity contribution in [2.45, 2.75) is 24.7 Å². The van der Waals surface area contributed by atoms with Crippen LogP contribution in [0.4, 0.5) is 10.1 Å². The summed E-state index contributed by atoms with van der Waals surface area (Å²) in [7, 11) is -4.14. The molecule has 0 bridgehead atoms. The first kappa shape index (κ1) is 18.3. The van der Waals surface area contributed by atoms with Crippen LogP contribution in [-0.2, 0) is 10.1 Å². The SMILES string of the molecule is CCCC(=O)c1nc2c(N)cc(OS(=O)(=O)c3ccc(F)cc3)cc2s1. The molecule has 0 fully saturated rings. The van der Waals surface area contributed by atoms with E-state index >= 15 is 0 Å². The molecule has 2 aromatic carbocycles. The molecule has 3 rings (SSSR count). The van der Waals surface area contributed by atoms with E-state index in [4.69, 9.17) is 9.92 Å². The van der Waals surface area contributed by atoms with Gasteiger partial charge in [0.15, 0.2) is 10.8 Å². The van der Waals surface area contributed by atoms with E-state index in [1.165, 1.54) is 12.1 Å². The van der Waals surface area contributed by atoms with Crippen LogP contribution >= 0.6 is 11.3 Å². The molecule has 1 heterocycles. The number of nitrogens with two attached hydrogens (primary N) is 1. The number of nitrogens with zero attached hydrogens (tertiary/aromatic N) is 1. The van der Waals surface area contributed by atoms with Crippen molar-refractivity contribution in [1.29, 1.82) is 0 Å². The minimum Gasteiger partial charge on any atom is -0.397 e. The van der Waals surface area contributed by atoms with Crippen LogP contribution in [0.15, 0.2) is 41.3 Å². The third kappa shape index (κ3) is 3.68. The number of aromatic nitrogens is 1. The molecule has 0 radical (unpaired) electrons. The van der Waals surface area contributed by atoms with Gasteiger partial charge in [0.1, 0.15) is 22.0 Å².